The Morgan fingerprint density at radius 1 is 1.40 bits per heavy atom. The summed E-state index contributed by atoms with van der Waals surface area (Å²) < 4.78 is 0. The van der Waals surface area contributed by atoms with Crippen LogP contribution in [0.1, 0.15) is 18.4 Å². The highest BCUT2D eigenvalue weighted by Crippen LogP contribution is 2.44. The average Bonchev–Trinajstić information content (AvgIpc) is 3.07. The number of hydrogen-bond donors (Lipinski definition) is 2. The van der Waals surface area contributed by atoms with Crippen LogP contribution in [0.2, 0.25) is 0 Å². The Morgan fingerprint density at radius 3 is 2.73 bits per heavy atom. The number of aliphatic hydroxyl groups is 1. The first-order chi connectivity index (χ1) is 7.29. The van der Waals surface area contributed by atoms with E-state index in [2.05, 4.69) is 11.4 Å². The van der Waals surface area contributed by atoms with Crippen LogP contribution in [0.5, 0.6) is 0 Å². The van der Waals surface area contributed by atoms with Gasteiger partial charge in [-0.05, 0) is 25.0 Å². The van der Waals surface area contributed by atoms with E-state index in [9.17, 15) is 0 Å². The van der Waals surface area contributed by atoms with E-state index in [1.54, 1.807) is 6.07 Å². The Hall–Kier alpha value is -1.53. The number of nitrogens with one attached hydrogen (secondary N) is 1. The maximum absolute atomic E-state index is 9.16. The van der Waals surface area contributed by atoms with Gasteiger partial charge in [0.2, 0.25) is 0 Å². The Labute approximate surface area is 89.4 Å². The van der Waals surface area contributed by atoms with Gasteiger partial charge in [0.1, 0.15) is 6.07 Å². The highest BCUT2D eigenvalue weighted by molar-refractivity contribution is 5.57. The monoisotopic (exact) mass is 202 g/mol. The van der Waals surface area contributed by atoms with E-state index in [1.165, 1.54) is 0 Å². The van der Waals surface area contributed by atoms with Crippen LogP contribution in [0.3, 0.4) is 0 Å². The van der Waals surface area contributed by atoms with Crippen molar-refractivity contribution in [2.45, 2.75) is 12.8 Å². The van der Waals surface area contributed by atoms with Gasteiger partial charge in [0.15, 0.2) is 0 Å². The molecule has 1 aliphatic rings. The van der Waals surface area contributed by atoms with Gasteiger partial charge in [0.05, 0.1) is 17.9 Å². The molecule has 0 bridgehead atoms. The van der Waals surface area contributed by atoms with E-state index >= 15 is 0 Å². The van der Waals surface area contributed by atoms with Gasteiger partial charge in [-0.2, -0.15) is 5.26 Å². The SMILES string of the molecule is N#Cc1ccccc1NCC1(CO)CC1. The lowest BCUT2D eigenvalue weighted by Crippen LogP contribution is -2.19. The second-order valence-corrected chi connectivity index (χ2v) is 4.17. The summed E-state index contributed by atoms with van der Waals surface area (Å²) in [6.07, 6.45) is 2.15. The zero-order chi connectivity index (χ0) is 10.7. The van der Waals surface area contributed by atoms with E-state index in [0.29, 0.717) is 5.56 Å². The zero-order valence-electron chi connectivity index (χ0n) is 8.53. The fourth-order valence-electron chi connectivity index (χ4n) is 1.59. The normalized spacial score (nSPS) is 16.8. The zero-order valence-corrected chi connectivity index (χ0v) is 8.53. The second kappa shape index (κ2) is 3.92. The molecule has 1 saturated carbocycles. The molecular weight excluding hydrogens is 188 g/mol. The molecule has 78 valence electrons. The maximum atomic E-state index is 9.16. The molecule has 1 aromatic carbocycles. The summed E-state index contributed by atoms with van der Waals surface area (Å²) in [5, 5.41) is 21.3. The van der Waals surface area contributed by atoms with Gasteiger partial charge in [0, 0.05) is 12.0 Å². The molecule has 1 fully saturated rings. The smallest absolute Gasteiger partial charge is 0.101 e. The number of anilines is 1. The van der Waals surface area contributed by atoms with Gasteiger partial charge in [-0.3, -0.25) is 0 Å². The summed E-state index contributed by atoms with van der Waals surface area (Å²) in [6.45, 7) is 0.983. The number of benzene rings is 1. The molecule has 1 aromatic rings. The maximum Gasteiger partial charge on any atom is 0.101 e. The number of hydrogen-bond acceptors (Lipinski definition) is 3. The lowest BCUT2D eigenvalue weighted by atomic mass is 10.1. The molecule has 0 unspecified atom stereocenters. The summed E-state index contributed by atoms with van der Waals surface area (Å²) in [7, 11) is 0. The van der Waals surface area contributed by atoms with E-state index in [0.717, 1.165) is 25.1 Å². The summed E-state index contributed by atoms with van der Waals surface area (Å²) in [4.78, 5) is 0. The summed E-state index contributed by atoms with van der Waals surface area (Å²) in [6, 6.07) is 9.59. The molecule has 2 rings (SSSR count). The van der Waals surface area contributed by atoms with Crippen molar-refractivity contribution in [3.05, 3.63) is 29.8 Å². The predicted molar refractivity (Wildman–Crippen MR) is 58.4 cm³/mol. The quantitative estimate of drug-likeness (QED) is 0.782. The first-order valence-corrected chi connectivity index (χ1v) is 5.13. The van der Waals surface area contributed by atoms with Crippen molar-refractivity contribution in [1.82, 2.24) is 0 Å². The highest BCUT2D eigenvalue weighted by Gasteiger charge is 2.41. The summed E-state index contributed by atoms with van der Waals surface area (Å²) >= 11 is 0. The molecule has 3 heteroatoms. The Bertz CT molecular complexity index is 391. The third-order valence-corrected chi connectivity index (χ3v) is 2.99. The molecule has 1 aliphatic carbocycles. The minimum atomic E-state index is 0.0720. The number of nitriles is 1. The first-order valence-electron chi connectivity index (χ1n) is 5.13. The van der Waals surface area contributed by atoms with Crippen LogP contribution in [0.15, 0.2) is 24.3 Å². The predicted octanol–water partition coefficient (Wildman–Crippen LogP) is 1.74. The van der Waals surface area contributed by atoms with Gasteiger partial charge in [0.25, 0.3) is 0 Å². The summed E-state index contributed by atoms with van der Waals surface area (Å²) in [5.74, 6) is 0. The molecule has 0 spiro atoms. The van der Waals surface area contributed by atoms with Crippen molar-refractivity contribution in [3.63, 3.8) is 0 Å². The molecular formula is C12H14N2O. The van der Waals surface area contributed by atoms with Gasteiger partial charge in [-0.25, -0.2) is 0 Å². The average molecular weight is 202 g/mol. The van der Waals surface area contributed by atoms with Crippen molar-refractivity contribution >= 4 is 5.69 Å². The van der Waals surface area contributed by atoms with Gasteiger partial charge in [-0.15, -0.1) is 0 Å². The van der Waals surface area contributed by atoms with E-state index in [1.807, 2.05) is 18.2 Å². The first kappa shape index (κ1) is 10.0. The number of rotatable bonds is 4. The molecule has 0 heterocycles. The van der Waals surface area contributed by atoms with Gasteiger partial charge in [-0.1, -0.05) is 12.1 Å². The van der Waals surface area contributed by atoms with Crippen molar-refractivity contribution in [3.8, 4) is 6.07 Å². The van der Waals surface area contributed by atoms with Crippen LogP contribution in [-0.2, 0) is 0 Å². The molecule has 0 saturated heterocycles. The van der Waals surface area contributed by atoms with Crippen LogP contribution >= 0.6 is 0 Å². The molecule has 3 nitrogen and oxygen atoms in total. The van der Waals surface area contributed by atoms with Crippen LogP contribution in [0, 0.1) is 16.7 Å². The highest BCUT2D eigenvalue weighted by atomic mass is 16.3. The Kier molecular flexibility index (Phi) is 2.61. The second-order valence-electron chi connectivity index (χ2n) is 4.17. The van der Waals surface area contributed by atoms with E-state index < -0.39 is 0 Å². The Morgan fingerprint density at radius 2 is 2.13 bits per heavy atom. The number of para-hydroxylation sites is 1. The Balaban J connectivity index is 2.02. The van der Waals surface area contributed by atoms with Crippen molar-refractivity contribution in [2.24, 2.45) is 5.41 Å². The lowest BCUT2D eigenvalue weighted by Gasteiger charge is -2.14. The number of aliphatic hydroxyl groups excluding tert-OH is 1. The molecule has 0 radical (unpaired) electrons. The van der Waals surface area contributed by atoms with Crippen LogP contribution in [0.25, 0.3) is 0 Å². The van der Waals surface area contributed by atoms with E-state index in [-0.39, 0.29) is 12.0 Å². The van der Waals surface area contributed by atoms with Crippen molar-refractivity contribution < 1.29 is 5.11 Å². The topological polar surface area (TPSA) is 56.0 Å². The molecule has 0 amide bonds. The molecule has 2 N–H and O–H groups in total. The largest absolute Gasteiger partial charge is 0.396 e. The third-order valence-electron chi connectivity index (χ3n) is 2.99. The standard InChI is InChI=1S/C12H14N2O/c13-7-10-3-1-2-4-11(10)14-8-12(9-15)5-6-12/h1-4,14-15H,5-6,8-9H2. The van der Waals surface area contributed by atoms with E-state index in [4.69, 9.17) is 10.4 Å². The summed E-state index contributed by atoms with van der Waals surface area (Å²) in [5.41, 5.74) is 1.59. The van der Waals surface area contributed by atoms with Crippen molar-refractivity contribution in [2.75, 3.05) is 18.5 Å². The minimum Gasteiger partial charge on any atom is -0.396 e. The fraction of sp³-hybridized carbons (Fsp3) is 0.417. The van der Waals surface area contributed by atoms with Gasteiger partial charge < -0.3 is 10.4 Å². The molecule has 0 aromatic heterocycles. The van der Waals surface area contributed by atoms with Crippen LogP contribution in [0.4, 0.5) is 5.69 Å². The van der Waals surface area contributed by atoms with Crippen LogP contribution in [-0.4, -0.2) is 18.3 Å². The van der Waals surface area contributed by atoms with Gasteiger partial charge >= 0.3 is 0 Å². The molecule has 15 heavy (non-hydrogen) atoms. The number of nitrogens with zero attached hydrogens (tertiary/aromatic N) is 1. The third kappa shape index (κ3) is 2.11. The minimum absolute atomic E-state index is 0.0720. The van der Waals surface area contributed by atoms with Crippen molar-refractivity contribution in [1.29, 1.82) is 5.26 Å². The molecule has 0 aliphatic heterocycles. The lowest BCUT2D eigenvalue weighted by molar-refractivity contribution is 0.220. The molecule has 0 atom stereocenters. The van der Waals surface area contributed by atoms with Crippen LogP contribution < -0.4 is 5.32 Å². The fourth-order valence-corrected chi connectivity index (χ4v) is 1.59.